The van der Waals surface area contributed by atoms with E-state index >= 15 is 0 Å². The third-order valence-electron chi connectivity index (χ3n) is 2.49. The van der Waals surface area contributed by atoms with Crippen LogP contribution >= 0.6 is 0 Å². The third kappa shape index (κ3) is 3.82. The van der Waals surface area contributed by atoms with E-state index in [1.807, 2.05) is 6.92 Å². The van der Waals surface area contributed by atoms with Crippen molar-refractivity contribution in [3.05, 3.63) is 29.8 Å². The molecule has 0 aliphatic heterocycles. The monoisotopic (exact) mass is 270 g/mol. The van der Waals surface area contributed by atoms with Gasteiger partial charge in [-0.2, -0.15) is 0 Å². The zero-order valence-electron chi connectivity index (χ0n) is 10.3. The van der Waals surface area contributed by atoms with Crippen LogP contribution in [0.1, 0.15) is 25.3 Å². The molecule has 1 N–H and O–H groups in total. The molecule has 0 aromatic heterocycles. The van der Waals surface area contributed by atoms with Crippen LogP contribution in [-0.4, -0.2) is 20.4 Å². The van der Waals surface area contributed by atoms with Crippen molar-refractivity contribution in [3.8, 4) is 0 Å². The highest BCUT2D eigenvalue weighted by Gasteiger charge is 2.20. The Morgan fingerprint density at radius 2 is 1.89 bits per heavy atom. The molecule has 0 saturated heterocycles. The van der Waals surface area contributed by atoms with Crippen LogP contribution in [0, 0.1) is 6.92 Å². The highest BCUT2D eigenvalue weighted by atomic mass is 32.2. The Balaban J connectivity index is 2.93. The maximum Gasteiger partial charge on any atom is 0.241 e. The van der Waals surface area contributed by atoms with Gasteiger partial charge < -0.3 is 9.90 Å². The van der Waals surface area contributed by atoms with Crippen LogP contribution in [0.2, 0.25) is 0 Å². The smallest absolute Gasteiger partial charge is 0.241 e. The Morgan fingerprint density at radius 1 is 1.33 bits per heavy atom. The number of nitrogens with one attached hydrogen (secondary N) is 1. The number of hydrogen-bond acceptors (Lipinski definition) is 4. The number of rotatable bonds is 6. The van der Waals surface area contributed by atoms with E-state index in [0.29, 0.717) is 6.42 Å². The molecule has 0 saturated carbocycles. The van der Waals surface area contributed by atoms with Crippen LogP contribution < -0.4 is 9.83 Å². The molecular weight excluding hydrogens is 254 g/mol. The topological polar surface area (TPSA) is 86.3 Å². The first-order chi connectivity index (χ1) is 8.36. The summed E-state index contributed by atoms with van der Waals surface area (Å²) in [7, 11) is -3.81. The summed E-state index contributed by atoms with van der Waals surface area (Å²) in [4.78, 5) is 10.9. The number of hydrogen-bond donors (Lipinski definition) is 1. The molecule has 0 heterocycles. The van der Waals surface area contributed by atoms with Crippen molar-refractivity contribution in [1.29, 1.82) is 0 Å². The number of carboxylic acid groups (broad SMARTS) is 1. The SMILES string of the molecule is CCC[C@@H](NS(=O)(=O)c1ccc(C)cc1)C(=O)[O-]. The van der Waals surface area contributed by atoms with Gasteiger partial charge in [0.2, 0.25) is 10.0 Å². The Labute approximate surface area is 107 Å². The predicted octanol–water partition coefficient (Wildman–Crippen LogP) is 0.192. The summed E-state index contributed by atoms with van der Waals surface area (Å²) in [6.45, 7) is 3.61. The molecule has 0 amide bonds. The minimum absolute atomic E-state index is 0.0513. The van der Waals surface area contributed by atoms with Crippen molar-refractivity contribution in [2.45, 2.75) is 37.6 Å². The van der Waals surface area contributed by atoms with Gasteiger partial charge in [-0.05, 0) is 25.5 Å². The van der Waals surface area contributed by atoms with Crippen LogP contribution in [0.15, 0.2) is 29.2 Å². The first-order valence-corrected chi connectivity index (χ1v) is 7.15. The molecule has 1 rings (SSSR count). The van der Waals surface area contributed by atoms with E-state index in [-0.39, 0.29) is 11.3 Å². The summed E-state index contributed by atoms with van der Waals surface area (Å²) < 4.78 is 26.0. The minimum Gasteiger partial charge on any atom is -0.548 e. The summed E-state index contributed by atoms with van der Waals surface area (Å²) in [6.07, 6.45) is 0.752. The molecule has 5 nitrogen and oxygen atoms in total. The predicted molar refractivity (Wildman–Crippen MR) is 65.2 cm³/mol. The molecule has 18 heavy (non-hydrogen) atoms. The largest absolute Gasteiger partial charge is 0.548 e. The summed E-state index contributed by atoms with van der Waals surface area (Å²) in [5, 5.41) is 10.8. The number of aliphatic carboxylic acids is 1. The van der Waals surface area contributed by atoms with Crippen LogP contribution in [0.4, 0.5) is 0 Å². The number of sulfonamides is 1. The maximum absolute atomic E-state index is 11.9. The highest BCUT2D eigenvalue weighted by Crippen LogP contribution is 2.11. The highest BCUT2D eigenvalue weighted by molar-refractivity contribution is 7.89. The van der Waals surface area contributed by atoms with Gasteiger partial charge in [0.05, 0.1) is 16.9 Å². The number of benzene rings is 1. The van der Waals surface area contributed by atoms with E-state index in [1.165, 1.54) is 12.1 Å². The van der Waals surface area contributed by atoms with Gasteiger partial charge in [0.25, 0.3) is 0 Å². The lowest BCUT2D eigenvalue weighted by atomic mass is 10.2. The van der Waals surface area contributed by atoms with E-state index in [0.717, 1.165) is 5.56 Å². The normalized spacial score (nSPS) is 13.2. The summed E-state index contributed by atoms with van der Waals surface area (Å²) in [6, 6.07) is 5.00. The number of carbonyl (C=O) groups is 1. The van der Waals surface area contributed by atoms with Gasteiger partial charge in [0.1, 0.15) is 0 Å². The molecule has 0 unspecified atom stereocenters. The zero-order valence-corrected chi connectivity index (χ0v) is 11.2. The van der Waals surface area contributed by atoms with Gasteiger partial charge in [-0.1, -0.05) is 31.0 Å². The summed E-state index contributed by atoms with van der Waals surface area (Å²) in [5.41, 5.74) is 0.930. The molecule has 1 atom stereocenters. The lowest BCUT2D eigenvalue weighted by Gasteiger charge is -2.18. The molecule has 0 bridgehead atoms. The van der Waals surface area contributed by atoms with Gasteiger partial charge in [0, 0.05) is 0 Å². The van der Waals surface area contributed by atoms with E-state index in [1.54, 1.807) is 19.1 Å². The Kier molecular flexibility index (Phi) is 4.86. The van der Waals surface area contributed by atoms with Gasteiger partial charge >= 0.3 is 0 Å². The van der Waals surface area contributed by atoms with Gasteiger partial charge in [-0.15, -0.1) is 0 Å². The lowest BCUT2D eigenvalue weighted by molar-refractivity contribution is -0.308. The minimum atomic E-state index is -3.81. The van der Waals surface area contributed by atoms with Crippen LogP contribution in [-0.2, 0) is 14.8 Å². The van der Waals surface area contributed by atoms with Crippen molar-refractivity contribution in [2.75, 3.05) is 0 Å². The van der Waals surface area contributed by atoms with Crippen molar-refractivity contribution < 1.29 is 18.3 Å². The molecule has 0 aliphatic rings. The molecule has 1 aromatic carbocycles. The first-order valence-electron chi connectivity index (χ1n) is 5.66. The lowest BCUT2D eigenvalue weighted by Crippen LogP contribution is -2.47. The van der Waals surface area contributed by atoms with Crippen LogP contribution in [0.5, 0.6) is 0 Å². The van der Waals surface area contributed by atoms with Crippen LogP contribution in [0.25, 0.3) is 0 Å². The number of aryl methyl sites for hydroxylation is 1. The second kappa shape index (κ2) is 5.97. The molecular formula is C12H16NO4S-. The Hall–Kier alpha value is -1.40. The summed E-state index contributed by atoms with van der Waals surface area (Å²) in [5.74, 6) is -1.41. The van der Waals surface area contributed by atoms with Crippen molar-refractivity contribution in [3.63, 3.8) is 0 Å². The molecule has 0 fully saturated rings. The van der Waals surface area contributed by atoms with E-state index in [4.69, 9.17) is 0 Å². The standard InChI is InChI=1S/C12H17NO4S/c1-3-4-11(12(14)15)13-18(16,17)10-7-5-9(2)6-8-10/h5-8,11,13H,3-4H2,1-2H3,(H,14,15)/p-1/t11-/m1/s1. The van der Waals surface area contributed by atoms with Crippen LogP contribution in [0.3, 0.4) is 0 Å². The number of carbonyl (C=O) groups excluding carboxylic acids is 1. The Bertz CT molecular complexity index is 507. The molecule has 1 aromatic rings. The first kappa shape index (κ1) is 14.7. The third-order valence-corrected chi connectivity index (χ3v) is 3.98. The molecule has 6 heteroatoms. The fourth-order valence-electron chi connectivity index (χ4n) is 1.49. The summed E-state index contributed by atoms with van der Waals surface area (Å²) >= 11 is 0. The zero-order chi connectivity index (χ0) is 13.8. The fourth-order valence-corrected chi connectivity index (χ4v) is 2.71. The number of carboxylic acids is 1. The molecule has 0 radical (unpaired) electrons. The average molecular weight is 270 g/mol. The van der Waals surface area contributed by atoms with Crippen molar-refractivity contribution >= 4 is 16.0 Å². The van der Waals surface area contributed by atoms with E-state index in [2.05, 4.69) is 4.72 Å². The van der Waals surface area contributed by atoms with E-state index < -0.39 is 22.0 Å². The maximum atomic E-state index is 11.9. The van der Waals surface area contributed by atoms with Gasteiger partial charge in [0.15, 0.2) is 0 Å². The second-order valence-electron chi connectivity index (χ2n) is 4.09. The quantitative estimate of drug-likeness (QED) is 0.799. The van der Waals surface area contributed by atoms with Gasteiger partial charge in [-0.25, -0.2) is 13.1 Å². The van der Waals surface area contributed by atoms with Gasteiger partial charge in [-0.3, -0.25) is 0 Å². The average Bonchev–Trinajstić information content (AvgIpc) is 2.28. The molecule has 100 valence electrons. The Morgan fingerprint density at radius 3 is 2.33 bits per heavy atom. The second-order valence-corrected chi connectivity index (χ2v) is 5.81. The molecule has 0 spiro atoms. The molecule has 0 aliphatic carbocycles. The van der Waals surface area contributed by atoms with E-state index in [9.17, 15) is 18.3 Å². The van der Waals surface area contributed by atoms with Crippen molar-refractivity contribution in [1.82, 2.24) is 4.72 Å². The fraction of sp³-hybridized carbons (Fsp3) is 0.417. The van der Waals surface area contributed by atoms with Crippen molar-refractivity contribution in [2.24, 2.45) is 0 Å².